The number of ether oxygens (including phenoxy) is 1. The van der Waals surface area contributed by atoms with Gasteiger partial charge in [-0.25, -0.2) is 0 Å². The van der Waals surface area contributed by atoms with E-state index in [9.17, 15) is 5.11 Å². The fourth-order valence-corrected chi connectivity index (χ4v) is 2.44. The van der Waals surface area contributed by atoms with Crippen molar-refractivity contribution in [3.05, 3.63) is 52.0 Å². The number of phenols is 1. The van der Waals surface area contributed by atoms with Crippen LogP contribution >= 0.6 is 23.2 Å². The maximum atomic E-state index is 9.96. The number of hydrogen-bond acceptors (Lipinski definition) is 3. The number of para-hydroxylation sites is 1. The fourth-order valence-electron chi connectivity index (χ4n) is 1.94. The van der Waals surface area contributed by atoms with Crippen LogP contribution in [-0.4, -0.2) is 12.2 Å². The molecule has 2 N–H and O–H groups in total. The number of phenolic OH excluding ortho intramolecular Hbond substituents is 1. The van der Waals surface area contributed by atoms with Gasteiger partial charge in [0.05, 0.1) is 28.9 Å². The summed E-state index contributed by atoms with van der Waals surface area (Å²) in [6.45, 7) is 1.91. The number of benzene rings is 2. The number of methoxy groups -OCH3 is 1. The van der Waals surface area contributed by atoms with Crippen molar-refractivity contribution < 1.29 is 9.84 Å². The molecule has 20 heavy (non-hydrogen) atoms. The summed E-state index contributed by atoms with van der Waals surface area (Å²) in [4.78, 5) is 0. The Morgan fingerprint density at radius 2 is 1.80 bits per heavy atom. The third-order valence-electron chi connectivity index (χ3n) is 3.02. The molecular formula is C15H15Cl2NO2. The molecular weight excluding hydrogens is 297 g/mol. The molecule has 0 heterocycles. The first-order valence-corrected chi connectivity index (χ1v) is 6.86. The Kier molecular flexibility index (Phi) is 4.63. The Bertz CT molecular complexity index is 597. The van der Waals surface area contributed by atoms with Crippen molar-refractivity contribution in [3.63, 3.8) is 0 Å². The molecule has 1 unspecified atom stereocenters. The van der Waals surface area contributed by atoms with Gasteiger partial charge in [-0.3, -0.25) is 0 Å². The summed E-state index contributed by atoms with van der Waals surface area (Å²) < 4.78 is 5.17. The lowest BCUT2D eigenvalue weighted by Gasteiger charge is -2.19. The summed E-state index contributed by atoms with van der Waals surface area (Å²) in [5, 5.41) is 14.2. The van der Waals surface area contributed by atoms with Crippen LogP contribution in [0.3, 0.4) is 0 Å². The highest BCUT2D eigenvalue weighted by Crippen LogP contribution is 2.35. The smallest absolute Gasteiger partial charge is 0.121 e. The van der Waals surface area contributed by atoms with Gasteiger partial charge in [0.15, 0.2) is 0 Å². The quantitative estimate of drug-likeness (QED) is 0.845. The average molecular weight is 312 g/mol. The third kappa shape index (κ3) is 3.11. The topological polar surface area (TPSA) is 41.5 Å². The highest BCUT2D eigenvalue weighted by Gasteiger charge is 2.14. The fraction of sp³-hybridized carbons (Fsp3) is 0.200. The molecule has 0 radical (unpaired) electrons. The molecule has 5 heteroatoms. The highest BCUT2D eigenvalue weighted by molar-refractivity contribution is 6.39. The summed E-state index contributed by atoms with van der Waals surface area (Å²) in [5.74, 6) is 0.866. The standard InChI is InChI=1S/C15H15Cl2NO2/c1-9(11-8-10(20-2)6-7-14(11)19)18-15-12(16)4-3-5-13(15)17/h3-9,18-19H,1-2H3. The Hall–Kier alpha value is -1.58. The van der Waals surface area contributed by atoms with E-state index in [4.69, 9.17) is 27.9 Å². The number of halogens is 2. The molecule has 0 aromatic heterocycles. The van der Waals surface area contributed by atoms with E-state index >= 15 is 0 Å². The predicted molar refractivity (Wildman–Crippen MR) is 83.2 cm³/mol. The Morgan fingerprint density at radius 1 is 1.15 bits per heavy atom. The van der Waals surface area contributed by atoms with Crippen LogP contribution in [0.1, 0.15) is 18.5 Å². The minimum absolute atomic E-state index is 0.178. The molecule has 2 aromatic rings. The van der Waals surface area contributed by atoms with E-state index in [0.29, 0.717) is 27.0 Å². The molecule has 0 saturated carbocycles. The molecule has 106 valence electrons. The van der Waals surface area contributed by atoms with Crippen LogP contribution < -0.4 is 10.1 Å². The largest absolute Gasteiger partial charge is 0.508 e. The second kappa shape index (κ2) is 6.25. The van der Waals surface area contributed by atoms with E-state index in [1.54, 1.807) is 43.5 Å². The number of aromatic hydroxyl groups is 1. The first-order valence-electron chi connectivity index (χ1n) is 6.10. The maximum Gasteiger partial charge on any atom is 0.121 e. The average Bonchev–Trinajstić information content (AvgIpc) is 2.43. The molecule has 0 bridgehead atoms. The monoisotopic (exact) mass is 311 g/mol. The predicted octanol–water partition coefficient (Wildman–Crippen LogP) is 4.88. The van der Waals surface area contributed by atoms with Gasteiger partial charge in [-0.1, -0.05) is 29.3 Å². The Balaban J connectivity index is 2.30. The number of anilines is 1. The number of nitrogens with one attached hydrogen (secondary N) is 1. The van der Waals surface area contributed by atoms with Crippen LogP contribution in [0.4, 0.5) is 5.69 Å². The lowest BCUT2D eigenvalue weighted by atomic mass is 10.1. The van der Waals surface area contributed by atoms with Crippen molar-refractivity contribution in [2.75, 3.05) is 12.4 Å². The van der Waals surface area contributed by atoms with E-state index < -0.39 is 0 Å². The van der Waals surface area contributed by atoms with Crippen LogP contribution in [0.25, 0.3) is 0 Å². The SMILES string of the molecule is COc1ccc(O)c(C(C)Nc2c(Cl)cccc2Cl)c1. The molecule has 2 rings (SSSR count). The molecule has 0 aliphatic carbocycles. The van der Waals surface area contributed by atoms with Gasteiger partial charge < -0.3 is 15.2 Å². The van der Waals surface area contributed by atoms with Crippen LogP contribution in [0.15, 0.2) is 36.4 Å². The lowest BCUT2D eigenvalue weighted by Crippen LogP contribution is -2.08. The first kappa shape index (κ1) is 14.8. The van der Waals surface area contributed by atoms with Crippen molar-refractivity contribution in [2.24, 2.45) is 0 Å². The molecule has 0 fully saturated rings. The van der Waals surface area contributed by atoms with Gasteiger partial charge in [0, 0.05) is 5.56 Å². The summed E-state index contributed by atoms with van der Waals surface area (Å²) in [6, 6.07) is 10.2. The first-order chi connectivity index (χ1) is 9.52. The zero-order chi connectivity index (χ0) is 14.7. The van der Waals surface area contributed by atoms with Gasteiger partial charge in [-0.2, -0.15) is 0 Å². The van der Waals surface area contributed by atoms with Gasteiger partial charge in [0.25, 0.3) is 0 Å². The van der Waals surface area contributed by atoms with Crippen LogP contribution in [0.2, 0.25) is 10.0 Å². The zero-order valence-electron chi connectivity index (χ0n) is 11.2. The van der Waals surface area contributed by atoms with E-state index in [1.165, 1.54) is 0 Å². The molecule has 0 spiro atoms. The summed E-state index contributed by atoms with van der Waals surface area (Å²) in [5.41, 5.74) is 1.35. The Labute approximate surface area is 128 Å². The van der Waals surface area contributed by atoms with Crippen molar-refractivity contribution in [1.82, 2.24) is 0 Å². The van der Waals surface area contributed by atoms with Crippen molar-refractivity contribution >= 4 is 28.9 Å². The molecule has 0 saturated heterocycles. The van der Waals surface area contributed by atoms with E-state index in [1.807, 2.05) is 6.92 Å². The minimum Gasteiger partial charge on any atom is -0.508 e. The van der Waals surface area contributed by atoms with Crippen molar-refractivity contribution in [2.45, 2.75) is 13.0 Å². The molecule has 0 amide bonds. The lowest BCUT2D eigenvalue weighted by molar-refractivity contribution is 0.410. The Morgan fingerprint density at radius 3 is 2.40 bits per heavy atom. The molecule has 3 nitrogen and oxygen atoms in total. The van der Waals surface area contributed by atoms with Gasteiger partial charge in [-0.15, -0.1) is 0 Å². The van der Waals surface area contributed by atoms with Crippen LogP contribution in [0.5, 0.6) is 11.5 Å². The van der Waals surface area contributed by atoms with Crippen molar-refractivity contribution in [3.8, 4) is 11.5 Å². The van der Waals surface area contributed by atoms with Crippen molar-refractivity contribution in [1.29, 1.82) is 0 Å². The maximum absolute atomic E-state index is 9.96. The van der Waals surface area contributed by atoms with Crippen LogP contribution in [-0.2, 0) is 0 Å². The van der Waals surface area contributed by atoms with Gasteiger partial charge in [-0.05, 0) is 37.3 Å². The van der Waals surface area contributed by atoms with Gasteiger partial charge in [0.1, 0.15) is 11.5 Å². The molecule has 0 aliphatic rings. The summed E-state index contributed by atoms with van der Waals surface area (Å²) in [7, 11) is 1.58. The zero-order valence-corrected chi connectivity index (χ0v) is 12.7. The third-order valence-corrected chi connectivity index (χ3v) is 3.65. The second-order valence-corrected chi connectivity index (χ2v) is 5.20. The van der Waals surface area contributed by atoms with Gasteiger partial charge in [0.2, 0.25) is 0 Å². The summed E-state index contributed by atoms with van der Waals surface area (Å²) >= 11 is 12.3. The number of rotatable bonds is 4. The van der Waals surface area contributed by atoms with Gasteiger partial charge >= 0.3 is 0 Å². The normalized spacial score (nSPS) is 12.0. The molecule has 0 aliphatic heterocycles. The second-order valence-electron chi connectivity index (χ2n) is 4.39. The van der Waals surface area contributed by atoms with Crippen LogP contribution in [0, 0.1) is 0 Å². The number of hydrogen-bond donors (Lipinski definition) is 2. The summed E-state index contributed by atoms with van der Waals surface area (Å²) in [6.07, 6.45) is 0. The molecule has 2 aromatic carbocycles. The molecule has 1 atom stereocenters. The van der Waals surface area contributed by atoms with E-state index in [2.05, 4.69) is 5.32 Å². The highest BCUT2D eigenvalue weighted by atomic mass is 35.5. The van der Waals surface area contributed by atoms with E-state index in [0.717, 1.165) is 0 Å². The minimum atomic E-state index is -0.178. The van der Waals surface area contributed by atoms with E-state index in [-0.39, 0.29) is 11.8 Å².